The topological polar surface area (TPSA) is 116 Å². The second-order valence-corrected chi connectivity index (χ2v) is 5.24. The number of allylic oxidation sites excluding steroid dienone is 10. The van der Waals surface area contributed by atoms with Crippen molar-refractivity contribution >= 4 is 17.6 Å². The Morgan fingerprint density at radius 1 is 0.808 bits per heavy atom. The molecule has 26 heavy (non-hydrogen) atoms. The van der Waals surface area contributed by atoms with Crippen LogP contribution in [0.5, 0.6) is 0 Å². The van der Waals surface area contributed by atoms with Crippen molar-refractivity contribution in [1.29, 1.82) is 0 Å². The van der Waals surface area contributed by atoms with Crippen LogP contribution in [-0.2, 0) is 30.6 Å². The fourth-order valence-electron chi connectivity index (χ4n) is 1.91. The normalized spacial score (nSPS) is 18.5. The van der Waals surface area contributed by atoms with E-state index in [1.807, 2.05) is 13.8 Å². The molecule has 0 atom stereocenters. The van der Waals surface area contributed by atoms with Gasteiger partial charge in [0.1, 0.15) is 0 Å². The van der Waals surface area contributed by atoms with Crippen LogP contribution < -0.4 is 21.7 Å². The Morgan fingerprint density at radius 3 is 1.54 bits per heavy atom. The SMILES string of the molecule is CC1=CC(=O)/C(=C\NNC(=O)NN/C=C2/C=CC(C)=CC2=O)C=C1.[O]=[V]. The van der Waals surface area contributed by atoms with Crippen LogP contribution in [0.4, 0.5) is 4.79 Å². The van der Waals surface area contributed by atoms with E-state index in [4.69, 9.17) is 3.67 Å². The number of rotatable bonds is 4. The van der Waals surface area contributed by atoms with E-state index >= 15 is 0 Å². The Labute approximate surface area is 160 Å². The zero-order valence-corrected chi connectivity index (χ0v) is 15.6. The van der Waals surface area contributed by atoms with Gasteiger partial charge in [0.05, 0.1) is 0 Å². The molecule has 0 spiro atoms. The molecule has 0 aromatic heterocycles. The quantitative estimate of drug-likeness (QED) is 0.420. The maximum absolute atomic E-state index is 11.7. The van der Waals surface area contributed by atoms with Crippen molar-refractivity contribution in [3.05, 3.63) is 71.1 Å². The Hall–Kier alpha value is -2.97. The summed E-state index contributed by atoms with van der Waals surface area (Å²) < 4.78 is 8.19. The molecule has 8 nitrogen and oxygen atoms in total. The average molecular weight is 393 g/mol. The molecule has 0 radical (unpaired) electrons. The van der Waals surface area contributed by atoms with Gasteiger partial charge in [-0.3, -0.25) is 20.4 Å². The van der Waals surface area contributed by atoms with Gasteiger partial charge in [-0.25, -0.2) is 4.79 Å². The molecular formula is C17H18N4O4V. The molecule has 2 aliphatic carbocycles. The third-order valence-electron chi connectivity index (χ3n) is 3.16. The van der Waals surface area contributed by atoms with Crippen LogP contribution in [0.3, 0.4) is 0 Å². The van der Waals surface area contributed by atoms with Gasteiger partial charge in [-0.1, -0.05) is 12.2 Å². The first-order valence-corrected chi connectivity index (χ1v) is 8.00. The summed E-state index contributed by atoms with van der Waals surface area (Å²) in [6.07, 6.45) is 12.7. The second kappa shape index (κ2) is 10.8. The fourth-order valence-corrected chi connectivity index (χ4v) is 1.91. The number of amides is 2. The summed E-state index contributed by atoms with van der Waals surface area (Å²) in [6, 6.07) is -0.582. The van der Waals surface area contributed by atoms with Crippen LogP contribution in [-0.4, -0.2) is 17.6 Å². The third-order valence-corrected chi connectivity index (χ3v) is 3.16. The second-order valence-electron chi connectivity index (χ2n) is 5.24. The summed E-state index contributed by atoms with van der Waals surface area (Å²) >= 11 is 1.06. The predicted octanol–water partition coefficient (Wildman–Crippen LogP) is 1.11. The number of nitrogens with one attached hydrogen (secondary N) is 4. The van der Waals surface area contributed by atoms with Crippen LogP contribution in [0.25, 0.3) is 0 Å². The molecular weight excluding hydrogens is 375 g/mol. The zero-order chi connectivity index (χ0) is 19.5. The maximum atomic E-state index is 11.7. The molecule has 0 unspecified atom stereocenters. The van der Waals surface area contributed by atoms with E-state index in [1.165, 1.54) is 24.6 Å². The van der Waals surface area contributed by atoms with Gasteiger partial charge < -0.3 is 10.9 Å². The molecule has 2 aliphatic rings. The number of urea groups is 1. The number of carbonyl (C=O) groups excluding carboxylic acids is 3. The van der Waals surface area contributed by atoms with Gasteiger partial charge in [0.25, 0.3) is 0 Å². The van der Waals surface area contributed by atoms with Crippen LogP contribution in [0, 0.1) is 0 Å². The van der Waals surface area contributed by atoms with E-state index in [9.17, 15) is 14.4 Å². The van der Waals surface area contributed by atoms with E-state index in [1.54, 1.807) is 24.3 Å². The summed E-state index contributed by atoms with van der Waals surface area (Å²) in [7, 11) is 0. The van der Waals surface area contributed by atoms with Crippen LogP contribution in [0.2, 0.25) is 0 Å². The molecule has 0 bridgehead atoms. The molecule has 0 fully saturated rings. The minimum atomic E-state index is -0.582. The van der Waals surface area contributed by atoms with Gasteiger partial charge in [-0.2, -0.15) is 0 Å². The number of hydrogen-bond acceptors (Lipinski definition) is 6. The van der Waals surface area contributed by atoms with Crippen molar-refractivity contribution in [2.45, 2.75) is 13.8 Å². The van der Waals surface area contributed by atoms with Crippen molar-refractivity contribution in [1.82, 2.24) is 21.7 Å². The third kappa shape index (κ3) is 6.88. The van der Waals surface area contributed by atoms with Gasteiger partial charge in [-0.15, -0.1) is 0 Å². The number of carbonyl (C=O) groups is 3. The first kappa shape index (κ1) is 21.1. The van der Waals surface area contributed by atoms with Crippen molar-refractivity contribution in [3.8, 4) is 0 Å². The summed E-state index contributed by atoms with van der Waals surface area (Å²) in [5, 5.41) is 0. The molecule has 0 saturated heterocycles. The fraction of sp³-hybridized carbons (Fsp3) is 0.118. The van der Waals surface area contributed by atoms with Crippen LogP contribution >= 0.6 is 0 Å². The molecule has 0 aromatic carbocycles. The summed E-state index contributed by atoms with van der Waals surface area (Å²) in [5.41, 5.74) is 12.3. The molecule has 0 aliphatic heterocycles. The Bertz CT molecular complexity index is 714. The molecule has 2 rings (SSSR count). The van der Waals surface area contributed by atoms with Crippen LogP contribution in [0.1, 0.15) is 13.8 Å². The van der Waals surface area contributed by atoms with Gasteiger partial charge in [0, 0.05) is 23.5 Å². The van der Waals surface area contributed by atoms with Gasteiger partial charge in [0.2, 0.25) is 0 Å². The Morgan fingerprint density at radius 2 is 1.19 bits per heavy atom. The molecule has 0 aromatic rings. The van der Waals surface area contributed by atoms with Crippen molar-refractivity contribution in [3.63, 3.8) is 0 Å². The first-order valence-electron chi connectivity index (χ1n) is 7.43. The number of ketones is 2. The van der Waals surface area contributed by atoms with Crippen molar-refractivity contribution in [2.75, 3.05) is 0 Å². The summed E-state index contributed by atoms with van der Waals surface area (Å²) in [6.45, 7) is 3.65. The number of hydrazine groups is 2. The van der Waals surface area contributed by atoms with E-state index < -0.39 is 6.03 Å². The van der Waals surface area contributed by atoms with Gasteiger partial charge >= 0.3 is 27.1 Å². The summed E-state index contributed by atoms with van der Waals surface area (Å²) in [4.78, 5) is 34.9. The van der Waals surface area contributed by atoms with Gasteiger partial charge in [-0.05, 0) is 49.3 Å². The Kier molecular flexibility index (Phi) is 8.76. The predicted molar refractivity (Wildman–Crippen MR) is 90.6 cm³/mol. The Balaban J connectivity index is 0.00000163. The monoisotopic (exact) mass is 393 g/mol. The van der Waals surface area contributed by atoms with Crippen LogP contribution in [0.15, 0.2) is 71.1 Å². The summed E-state index contributed by atoms with van der Waals surface area (Å²) in [5.74, 6) is -0.281. The van der Waals surface area contributed by atoms with Gasteiger partial charge in [0.15, 0.2) is 11.6 Å². The minimum absolute atomic E-state index is 0.140. The molecule has 0 saturated carbocycles. The molecule has 9 heteroatoms. The molecule has 4 N–H and O–H groups in total. The standard InChI is InChI=1S/C17H18N4O3.O.V/c1-11-3-5-13(15(22)7-11)9-18-20-17(24)21-19-10-14-6-4-12(2)8-16(14)23;;/h3-10,18-19H,1-2H3,(H2,20,21,24);;/b13-9-,14-10-;;. The van der Waals surface area contributed by atoms with E-state index in [-0.39, 0.29) is 11.6 Å². The van der Waals surface area contributed by atoms with E-state index in [2.05, 4.69) is 21.7 Å². The van der Waals surface area contributed by atoms with Crippen molar-refractivity contribution in [2.24, 2.45) is 0 Å². The van der Waals surface area contributed by atoms with Crippen molar-refractivity contribution < 1.29 is 35.4 Å². The molecule has 2 amide bonds. The van der Waals surface area contributed by atoms with E-state index in [0.717, 1.165) is 28.5 Å². The molecule has 135 valence electrons. The average Bonchev–Trinajstić information content (AvgIpc) is 2.60. The van der Waals surface area contributed by atoms with E-state index in [0.29, 0.717) is 11.1 Å². The zero-order valence-electron chi connectivity index (χ0n) is 14.2. The molecule has 0 heterocycles. The first-order chi connectivity index (χ1) is 12.5. The number of hydrogen-bond donors (Lipinski definition) is 4.